The van der Waals surface area contributed by atoms with Crippen molar-refractivity contribution in [2.75, 3.05) is 0 Å². The maximum Gasteiger partial charge on any atom is 0.406 e. The monoisotopic (exact) mass is 226 g/mol. The van der Waals surface area contributed by atoms with Crippen molar-refractivity contribution >= 4 is 52.9 Å². The van der Waals surface area contributed by atoms with E-state index in [1.54, 1.807) is 0 Å². The highest BCUT2D eigenvalue weighted by molar-refractivity contribution is 7.82. The summed E-state index contributed by atoms with van der Waals surface area (Å²) in [7, 11) is -1.13. The molecule has 2 heterocycles. The number of fused-ring (bicyclic) bond motifs is 2. The maximum atomic E-state index is 5.75. The first-order chi connectivity index (χ1) is 5.18. The molecule has 0 saturated heterocycles. The first-order valence-corrected chi connectivity index (χ1v) is 5.54. The predicted molar refractivity (Wildman–Crippen MR) is 46.5 cm³/mol. The van der Waals surface area contributed by atoms with E-state index in [1.807, 2.05) is 0 Å². The topological polar surface area (TPSA) is 38.1 Å². The Morgan fingerprint density at radius 2 is 1.91 bits per heavy atom. The molecule has 1 aromatic rings. The summed E-state index contributed by atoms with van der Waals surface area (Å²) < 4.78 is 3.96. The van der Waals surface area contributed by atoms with E-state index < -0.39 is 7.07 Å². The first-order valence-electron chi connectivity index (χ1n) is 2.59. The van der Waals surface area contributed by atoms with E-state index in [0.717, 1.165) is 0 Å². The lowest BCUT2D eigenvalue weighted by Crippen LogP contribution is -2.02. The smallest absolute Gasteiger partial charge is 0.172 e. The van der Waals surface area contributed by atoms with Crippen LogP contribution in [0.15, 0.2) is 4.74 Å². The predicted octanol–water partition coefficient (Wildman–Crippen LogP) is 2.87. The van der Waals surface area contributed by atoms with E-state index in [-0.39, 0.29) is 10.2 Å². The van der Waals surface area contributed by atoms with Gasteiger partial charge in [-0.25, -0.2) is 0 Å². The number of aromatic nitrogens is 2. The number of hydrogen-bond acceptors (Lipinski definition) is 3. The zero-order valence-electron chi connectivity index (χ0n) is 4.92. The van der Waals surface area contributed by atoms with Crippen molar-refractivity contribution in [2.45, 2.75) is 0 Å². The molecule has 0 spiro atoms. The van der Waals surface area contributed by atoms with Gasteiger partial charge < -0.3 is 0 Å². The molecule has 0 aromatic carbocycles. The van der Waals surface area contributed by atoms with Crippen LogP contribution in [0.5, 0.6) is 0 Å². The van der Waals surface area contributed by atoms with Crippen molar-refractivity contribution in [3.05, 3.63) is 10.2 Å². The summed E-state index contributed by atoms with van der Waals surface area (Å²) in [4.78, 5) is 7.78. The first kappa shape index (κ1) is 7.69. The van der Waals surface area contributed by atoms with Crippen molar-refractivity contribution in [2.24, 2.45) is 4.74 Å². The third kappa shape index (κ3) is 1.13. The highest BCUT2D eigenvalue weighted by Crippen LogP contribution is 2.43. The van der Waals surface area contributed by atoms with Crippen molar-refractivity contribution in [1.29, 1.82) is 0 Å². The molecule has 3 nitrogen and oxygen atoms in total. The number of rotatable bonds is 0. The quantitative estimate of drug-likeness (QED) is 0.505. The number of hydrogen-bond donors (Lipinski definition) is 0. The van der Waals surface area contributed by atoms with E-state index in [2.05, 4.69) is 14.7 Å². The minimum absolute atomic E-state index is 0.223. The molecule has 2 bridgehead atoms. The summed E-state index contributed by atoms with van der Waals surface area (Å²) in [6.45, 7) is 0. The number of nitrogens with zero attached hydrogens (tertiary/aromatic N) is 3. The fourth-order valence-corrected chi connectivity index (χ4v) is 2.29. The fourth-order valence-electron chi connectivity index (χ4n) is 0.675. The summed E-state index contributed by atoms with van der Waals surface area (Å²) in [6, 6.07) is 0. The lowest BCUT2D eigenvalue weighted by molar-refractivity contribution is 1.25. The van der Waals surface area contributed by atoms with Crippen LogP contribution < -0.4 is 5.57 Å². The molecule has 56 valence electrons. The van der Waals surface area contributed by atoms with E-state index in [1.165, 1.54) is 0 Å². The van der Waals surface area contributed by atoms with Gasteiger partial charge in [0, 0.05) is 0 Å². The Hall–Kier alpha value is 0.0500. The minimum atomic E-state index is -1.13. The Morgan fingerprint density at radius 1 is 1.18 bits per heavy atom. The maximum absolute atomic E-state index is 5.75. The molecule has 0 saturated carbocycles. The van der Waals surface area contributed by atoms with Crippen LogP contribution in [0.1, 0.15) is 0 Å². The molecule has 0 amide bonds. The van der Waals surface area contributed by atoms with Crippen LogP contribution in [0.3, 0.4) is 0 Å². The molecule has 1 aliphatic heterocycles. The Kier molecular flexibility index (Phi) is 1.77. The summed E-state index contributed by atoms with van der Waals surface area (Å²) in [5.74, 6) is 0.405. The summed E-state index contributed by atoms with van der Waals surface area (Å²) in [5, 5.41) is 0.502. The van der Waals surface area contributed by atoms with Crippen molar-refractivity contribution in [3.8, 4) is 0 Å². The second kappa shape index (κ2) is 2.53. The van der Waals surface area contributed by atoms with Crippen molar-refractivity contribution < 1.29 is 0 Å². The van der Waals surface area contributed by atoms with Gasteiger partial charge in [0.1, 0.15) is 5.02 Å². The lowest BCUT2D eigenvalue weighted by atomic mass is 10.6. The van der Waals surface area contributed by atoms with Crippen LogP contribution in [0.4, 0.5) is 5.82 Å². The van der Waals surface area contributed by atoms with Crippen LogP contribution in [0.25, 0.3) is 0 Å². The summed E-state index contributed by atoms with van der Waals surface area (Å²) in [6.07, 6.45) is 0. The van der Waals surface area contributed by atoms with Crippen LogP contribution in [0.2, 0.25) is 10.2 Å². The second-order valence-electron chi connectivity index (χ2n) is 1.81. The molecule has 0 N–H and O–H groups in total. The summed E-state index contributed by atoms with van der Waals surface area (Å²) in [5.41, 5.74) is 0.478. The van der Waals surface area contributed by atoms with Crippen LogP contribution >= 0.6 is 41.5 Å². The van der Waals surface area contributed by atoms with Crippen molar-refractivity contribution in [1.82, 2.24) is 9.97 Å². The van der Waals surface area contributed by atoms with Gasteiger partial charge in [-0.05, 0) is 4.74 Å². The minimum Gasteiger partial charge on any atom is -0.172 e. The zero-order valence-corrected chi connectivity index (χ0v) is 8.08. The van der Waals surface area contributed by atoms with E-state index in [4.69, 9.17) is 34.4 Å². The van der Waals surface area contributed by atoms with Gasteiger partial charge >= 0.3 is 12.6 Å². The zero-order chi connectivity index (χ0) is 8.01. The van der Waals surface area contributed by atoms with Crippen LogP contribution in [-0.2, 0) is 0 Å². The average molecular weight is 227 g/mol. The Bertz CT molecular complexity index is 364. The van der Waals surface area contributed by atoms with Gasteiger partial charge in [-0.15, -0.1) is 0 Å². The van der Waals surface area contributed by atoms with Gasteiger partial charge in [0.05, 0.1) is 0 Å². The summed E-state index contributed by atoms with van der Waals surface area (Å²) >= 11 is 17.1. The molecule has 7 heteroatoms. The molecule has 1 atom stereocenters. The highest BCUT2D eigenvalue weighted by atomic mass is 35.7. The molecule has 11 heavy (non-hydrogen) atoms. The third-order valence-electron chi connectivity index (χ3n) is 1.13. The van der Waals surface area contributed by atoms with Crippen molar-refractivity contribution in [3.63, 3.8) is 0 Å². The molecular formula is C4Cl3N3P+. The molecule has 2 rings (SSSR count). The standard InChI is InChI=1S/C4Cl3N3P/c5-1-2(6)8-4-9-3(1)10-11(4)7/q+1. The van der Waals surface area contributed by atoms with Gasteiger partial charge in [-0.2, -0.15) is 9.97 Å². The fraction of sp³-hybridized carbons (Fsp3) is 0. The Labute approximate surface area is 78.0 Å². The Morgan fingerprint density at radius 3 is 2.64 bits per heavy atom. The second-order valence-corrected chi connectivity index (χ2v) is 4.63. The number of halogens is 3. The highest BCUT2D eigenvalue weighted by Gasteiger charge is 2.31. The van der Waals surface area contributed by atoms with E-state index in [9.17, 15) is 0 Å². The largest absolute Gasteiger partial charge is 0.406 e. The normalized spacial score (nSPS) is 16.8. The van der Waals surface area contributed by atoms with Crippen LogP contribution in [0, 0.1) is 0 Å². The molecule has 1 unspecified atom stereocenters. The molecule has 0 fully saturated rings. The van der Waals surface area contributed by atoms with Crippen LogP contribution in [-0.4, -0.2) is 9.97 Å². The van der Waals surface area contributed by atoms with Gasteiger partial charge in [0.25, 0.3) is 0 Å². The lowest BCUT2D eigenvalue weighted by Gasteiger charge is -1.88. The molecule has 0 aliphatic carbocycles. The van der Waals surface area contributed by atoms with Gasteiger partial charge in [0.2, 0.25) is 5.82 Å². The van der Waals surface area contributed by atoms with E-state index >= 15 is 0 Å². The molecule has 1 aliphatic rings. The van der Waals surface area contributed by atoms with Gasteiger partial charge in [-0.3, -0.25) is 0 Å². The molecular weight excluding hydrogens is 227 g/mol. The molecule has 0 radical (unpaired) electrons. The van der Waals surface area contributed by atoms with E-state index in [0.29, 0.717) is 11.4 Å². The SMILES string of the molecule is Clc1nc2nc(c1Cl)N=[P+]2Cl. The third-order valence-corrected chi connectivity index (χ3v) is 3.42. The van der Waals surface area contributed by atoms with Gasteiger partial charge in [0.15, 0.2) is 16.4 Å². The molecule has 1 aromatic heterocycles. The average Bonchev–Trinajstić information content (AvgIpc) is 2.26. The van der Waals surface area contributed by atoms with Gasteiger partial charge in [-0.1, -0.05) is 23.2 Å². The Balaban J connectivity index is 2.76.